The van der Waals surface area contributed by atoms with Gasteiger partial charge in [0.05, 0.1) is 12.4 Å². The van der Waals surface area contributed by atoms with E-state index in [1.54, 1.807) is 0 Å². The van der Waals surface area contributed by atoms with Crippen LogP contribution in [0, 0.1) is 20.8 Å². The van der Waals surface area contributed by atoms with Gasteiger partial charge >= 0.3 is 0 Å². The molecule has 0 saturated heterocycles. The number of Topliss-reactive ketones (excluding diaryl/α,β-unsaturated/α-hetero) is 1. The maximum atomic E-state index is 12.5. The smallest absolute Gasteiger partial charge is 0.182 e. The number of nitrogens with zero attached hydrogens (tertiary/aromatic N) is 1. The molecule has 1 aromatic carbocycles. The number of ketones is 1. The first-order valence-electron chi connectivity index (χ1n) is 6.56. The SMILES string of the molecule is CC1=C(C)N(CC(=O)c2c(C)cc(C)cc2C)CS1. The first kappa shape index (κ1) is 14.2. The van der Waals surface area contributed by atoms with Crippen LogP contribution in [0.4, 0.5) is 0 Å². The van der Waals surface area contributed by atoms with Crippen LogP contribution in [-0.4, -0.2) is 23.1 Å². The van der Waals surface area contributed by atoms with Crippen molar-refractivity contribution in [1.29, 1.82) is 0 Å². The fourth-order valence-electron chi connectivity index (χ4n) is 2.64. The van der Waals surface area contributed by atoms with Gasteiger partial charge in [0.1, 0.15) is 0 Å². The van der Waals surface area contributed by atoms with Crippen molar-refractivity contribution in [3.8, 4) is 0 Å². The third-order valence-corrected chi connectivity index (χ3v) is 4.88. The fraction of sp³-hybridized carbons (Fsp3) is 0.438. The van der Waals surface area contributed by atoms with Gasteiger partial charge in [0.2, 0.25) is 0 Å². The average Bonchev–Trinajstić information content (AvgIpc) is 2.59. The molecule has 2 nitrogen and oxygen atoms in total. The lowest BCUT2D eigenvalue weighted by Crippen LogP contribution is -2.26. The van der Waals surface area contributed by atoms with Gasteiger partial charge in [-0.05, 0) is 45.7 Å². The molecule has 0 aliphatic carbocycles. The van der Waals surface area contributed by atoms with E-state index in [1.807, 2.05) is 25.6 Å². The summed E-state index contributed by atoms with van der Waals surface area (Å²) in [5, 5.41) is 0. The maximum Gasteiger partial charge on any atom is 0.182 e. The van der Waals surface area contributed by atoms with E-state index in [4.69, 9.17) is 0 Å². The van der Waals surface area contributed by atoms with Gasteiger partial charge in [0.15, 0.2) is 5.78 Å². The predicted molar refractivity (Wildman–Crippen MR) is 82.5 cm³/mol. The first-order chi connectivity index (χ1) is 8.90. The Labute approximate surface area is 119 Å². The number of allylic oxidation sites excluding steroid dienone is 2. The molecule has 0 bridgehead atoms. The van der Waals surface area contributed by atoms with Crippen LogP contribution in [0.3, 0.4) is 0 Å². The predicted octanol–water partition coefficient (Wildman–Crippen LogP) is 4.05. The largest absolute Gasteiger partial charge is 0.357 e. The summed E-state index contributed by atoms with van der Waals surface area (Å²) in [4.78, 5) is 16.0. The van der Waals surface area contributed by atoms with Gasteiger partial charge in [-0.15, -0.1) is 11.8 Å². The molecule has 0 unspecified atom stereocenters. The van der Waals surface area contributed by atoms with Gasteiger partial charge in [-0.3, -0.25) is 4.79 Å². The minimum atomic E-state index is 0.227. The Morgan fingerprint density at radius 1 is 1.16 bits per heavy atom. The van der Waals surface area contributed by atoms with Gasteiger partial charge in [-0.2, -0.15) is 0 Å². The van der Waals surface area contributed by atoms with E-state index in [-0.39, 0.29) is 5.78 Å². The molecule has 3 heteroatoms. The van der Waals surface area contributed by atoms with E-state index in [0.29, 0.717) is 6.54 Å². The van der Waals surface area contributed by atoms with E-state index in [2.05, 4.69) is 37.8 Å². The van der Waals surface area contributed by atoms with Gasteiger partial charge in [-0.25, -0.2) is 0 Å². The van der Waals surface area contributed by atoms with Crippen molar-refractivity contribution < 1.29 is 4.79 Å². The van der Waals surface area contributed by atoms with Crippen LogP contribution >= 0.6 is 11.8 Å². The second kappa shape index (κ2) is 5.41. The van der Waals surface area contributed by atoms with Crippen LogP contribution in [0.5, 0.6) is 0 Å². The van der Waals surface area contributed by atoms with Crippen LogP contribution < -0.4 is 0 Å². The number of aryl methyl sites for hydroxylation is 3. The molecule has 0 saturated carbocycles. The molecule has 1 aliphatic heterocycles. The molecule has 0 N–H and O–H groups in total. The zero-order chi connectivity index (χ0) is 14.2. The number of benzene rings is 1. The number of thioether (sulfide) groups is 1. The topological polar surface area (TPSA) is 20.3 Å². The monoisotopic (exact) mass is 275 g/mol. The zero-order valence-corrected chi connectivity index (χ0v) is 13.1. The molecule has 0 spiro atoms. The molecule has 1 aliphatic rings. The second-order valence-corrected chi connectivity index (χ2v) is 6.47. The van der Waals surface area contributed by atoms with Crippen LogP contribution in [-0.2, 0) is 0 Å². The van der Waals surface area contributed by atoms with Crippen molar-refractivity contribution in [2.45, 2.75) is 34.6 Å². The highest BCUT2D eigenvalue weighted by atomic mass is 32.2. The summed E-state index contributed by atoms with van der Waals surface area (Å²) in [7, 11) is 0. The molecule has 0 amide bonds. The zero-order valence-electron chi connectivity index (χ0n) is 12.3. The van der Waals surface area contributed by atoms with E-state index in [0.717, 1.165) is 22.6 Å². The Morgan fingerprint density at radius 2 is 1.74 bits per heavy atom. The van der Waals surface area contributed by atoms with Crippen molar-refractivity contribution in [2.75, 3.05) is 12.4 Å². The molecule has 0 fully saturated rings. The fourth-order valence-corrected chi connectivity index (χ4v) is 3.61. The first-order valence-corrected chi connectivity index (χ1v) is 7.55. The summed E-state index contributed by atoms with van der Waals surface area (Å²) < 4.78 is 0. The Kier molecular flexibility index (Phi) is 4.04. The Morgan fingerprint density at radius 3 is 2.21 bits per heavy atom. The Hall–Kier alpha value is -1.22. The Bertz CT molecular complexity index is 537. The highest BCUT2D eigenvalue weighted by molar-refractivity contribution is 8.03. The van der Waals surface area contributed by atoms with Crippen molar-refractivity contribution in [3.63, 3.8) is 0 Å². The molecule has 0 radical (unpaired) electrons. The Balaban J connectivity index is 2.22. The summed E-state index contributed by atoms with van der Waals surface area (Å²) in [5.41, 5.74) is 5.53. The molecule has 1 heterocycles. The summed E-state index contributed by atoms with van der Waals surface area (Å²) >= 11 is 1.81. The van der Waals surface area contributed by atoms with Gasteiger partial charge < -0.3 is 4.90 Å². The van der Waals surface area contributed by atoms with Crippen LogP contribution in [0.1, 0.15) is 40.9 Å². The molecule has 0 aromatic heterocycles. The van der Waals surface area contributed by atoms with E-state index in [9.17, 15) is 4.79 Å². The number of carbonyl (C=O) groups is 1. The van der Waals surface area contributed by atoms with E-state index in [1.165, 1.54) is 16.2 Å². The quantitative estimate of drug-likeness (QED) is 0.776. The highest BCUT2D eigenvalue weighted by Crippen LogP contribution is 2.31. The molecule has 0 atom stereocenters. The maximum absolute atomic E-state index is 12.5. The third-order valence-electron chi connectivity index (χ3n) is 3.71. The van der Waals surface area contributed by atoms with Gasteiger partial charge in [0.25, 0.3) is 0 Å². The summed E-state index contributed by atoms with van der Waals surface area (Å²) in [6.07, 6.45) is 0. The molecular formula is C16H21NOS. The molecule has 19 heavy (non-hydrogen) atoms. The van der Waals surface area contributed by atoms with Crippen LogP contribution in [0.25, 0.3) is 0 Å². The van der Waals surface area contributed by atoms with Crippen molar-refractivity contribution in [1.82, 2.24) is 4.90 Å². The van der Waals surface area contributed by atoms with Crippen molar-refractivity contribution >= 4 is 17.5 Å². The summed E-state index contributed by atoms with van der Waals surface area (Å²) in [6, 6.07) is 4.18. The lowest BCUT2D eigenvalue weighted by Gasteiger charge is -2.19. The number of carbonyl (C=O) groups excluding carboxylic acids is 1. The van der Waals surface area contributed by atoms with Crippen LogP contribution in [0.15, 0.2) is 22.7 Å². The average molecular weight is 275 g/mol. The number of hydrogen-bond acceptors (Lipinski definition) is 3. The summed E-state index contributed by atoms with van der Waals surface area (Å²) in [6.45, 7) is 10.8. The number of hydrogen-bond donors (Lipinski definition) is 0. The number of rotatable bonds is 3. The highest BCUT2D eigenvalue weighted by Gasteiger charge is 2.21. The minimum absolute atomic E-state index is 0.227. The van der Waals surface area contributed by atoms with E-state index >= 15 is 0 Å². The lowest BCUT2D eigenvalue weighted by atomic mass is 9.96. The summed E-state index contributed by atoms with van der Waals surface area (Å²) in [5.74, 6) is 1.12. The molecule has 2 rings (SSSR count). The molecule has 102 valence electrons. The van der Waals surface area contributed by atoms with Crippen molar-refractivity contribution in [3.05, 3.63) is 45.0 Å². The second-order valence-electron chi connectivity index (χ2n) is 5.31. The molecule has 1 aromatic rings. The van der Waals surface area contributed by atoms with E-state index < -0.39 is 0 Å². The lowest BCUT2D eigenvalue weighted by molar-refractivity contribution is 0.0957. The van der Waals surface area contributed by atoms with Gasteiger partial charge in [-0.1, -0.05) is 17.7 Å². The van der Waals surface area contributed by atoms with Gasteiger partial charge in [0, 0.05) is 16.2 Å². The third kappa shape index (κ3) is 2.86. The standard InChI is InChI=1S/C16H21NOS/c1-10-6-11(2)16(12(3)7-10)15(18)8-17-9-19-14(5)13(17)4/h6-7H,8-9H2,1-5H3. The molecular weight excluding hydrogens is 254 g/mol. The normalized spacial score (nSPS) is 15.3. The van der Waals surface area contributed by atoms with Crippen LogP contribution in [0.2, 0.25) is 0 Å². The minimum Gasteiger partial charge on any atom is -0.357 e. The van der Waals surface area contributed by atoms with Crippen molar-refractivity contribution in [2.24, 2.45) is 0 Å².